The van der Waals surface area contributed by atoms with E-state index in [2.05, 4.69) is 20.7 Å². The number of fused-ring (bicyclic) bond motifs is 1. The third-order valence-corrected chi connectivity index (χ3v) is 2.67. The molecule has 0 aliphatic carbocycles. The summed E-state index contributed by atoms with van der Waals surface area (Å²) in [6.07, 6.45) is 1.53. The van der Waals surface area contributed by atoms with E-state index < -0.39 is 5.97 Å². The van der Waals surface area contributed by atoms with E-state index in [-0.39, 0.29) is 0 Å². The zero-order valence-corrected chi connectivity index (χ0v) is 9.50. The molecular weight excluding hydrogens is 262 g/mol. The molecule has 78 valence electrons. The Morgan fingerprint density at radius 3 is 2.93 bits per heavy atom. The van der Waals surface area contributed by atoms with Crippen molar-refractivity contribution >= 4 is 38.6 Å². The number of carbonyl (C=O) groups excluding carboxylic acids is 1. The summed E-state index contributed by atoms with van der Waals surface area (Å²) in [5.41, 5.74) is 7.21. The third-order valence-electron chi connectivity index (χ3n) is 2.08. The Hall–Kier alpha value is -1.49. The molecule has 0 radical (unpaired) electrons. The topological polar surface area (TPSA) is 65.5 Å². The van der Waals surface area contributed by atoms with Gasteiger partial charge in [-0.2, -0.15) is 0 Å². The molecule has 0 amide bonds. The summed E-state index contributed by atoms with van der Waals surface area (Å²) in [5.74, 6) is -0.434. The van der Waals surface area contributed by atoms with Crippen molar-refractivity contribution in [2.24, 2.45) is 0 Å². The van der Waals surface area contributed by atoms with Crippen LogP contribution in [0.2, 0.25) is 0 Å². The molecule has 0 unspecified atom stereocenters. The predicted octanol–water partition coefficient (Wildman–Crippen LogP) is 2.56. The maximum absolute atomic E-state index is 11.3. The van der Waals surface area contributed by atoms with Gasteiger partial charge in [0.2, 0.25) is 0 Å². The summed E-state index contributed by atoms with van der Waals surface area (Å²) in [4.78, 5) is 11.3. The van der Waals surface area contributed by atoms with Crippen molar-refractivity contribution in [1.29, 1.82) is 0 Å². The zero-order chi connectivity index (χ0) is 11.0. The van der Waals surface area contributed by atoms with Crippen LogP contribution < -0.4 is 5.73 Å². The fourth-order valence-electron chi connectivity index (χ4n) is 1.40. The lowest BCUT2D eigenvalue weighted by Crippen LogP contribution is -2.02. The number of hydrogen-bond donors (Lipinski definition) is 1. The Balaban J connectivity index is 2.68. The van der Waals surface area contributed by atoms with E-state index in [1.54, 1.807) is 12.1 Å². The second-order valence-electron chi connectivity index (χ2n) is 3.01. The third kappa shape index (κ3) is 1.59. The Labute approximate surface area is 94.1 Å². The first-order valence-corrected chi connectivity index (χ1v) is 4.97. The van der Waals surface area contributed by atoms with Crippen molar-refractivity contribution < 1.29 is 13.9 Å². The minimum atomic E-state index is -0.434. The molecule has 0 aliphatic heterocycles. The number of ether oxygens (including phenoxy) is 1. The molecule has 0 fully saturated rings. The molecule has 15 heavy (non-hydrogen) atoms. The minimum Gasteiger partial charge on any atom is -0.465 e. The summed E-state index contributed by atoms with van der Waals surface area (Å²) >= 11 is 3.31. The fraction of sp³-hybridized carbons (Fsp3) is 0.100. The molecular formula is C10H8BrNO3. The van der Waals surface area contributed by atoms with Crippen LogP contribution in [0, 0.1) is 0 Å². The predicted molar refractivity (Wildman–Crippen MR) is 59.7 cm³/mol. The number of hydrogen-bond acceptors (Lipinski definition) is 4. The average molecular weight is 270 g/mol. The van der Waals surface area contributed by atoms with Gasteiger partial charge in [-0.1, -0.05) is 0 Å². The quantitative estimate of drug-likeness (QED) is 0.638. The monoisotopic (exact) mass is 269 g/mol. The number of nitrogen functional groups attached to an aromatic ring is 1. The molecule has 4 nitrogen and oxygen atoms in total. The van der Waals surface area contributed by atoms with Gasteiger partial charge in [-0.25, -0.2) is 4.79 Å². The Bertz CT molecular complexity index is 533. The number of rotatable bonds is 1. The summed E-state index contributed by atoms with van der Waals surface area (Å²) < 4.78 is 10.6. The van der Waals surface area contributed by atoms with Gasteiger partial charge >= 0.3 is 5.97 Å². The first-order valence-electron chi connectivity index (χ1n) is 4.18. The van der Waals surface area contributed by atoms with E-state index >= 15 is 0 Å². The second-order valence-corrected chi connectivity index (χ2v) is 3.87. The number of methoxy groups -OCH3 is 1. The molecule has 5 heteroatoms. The van der Waals surface area contributed by atoms with E-state index in [0.29, 0.717) is 16.8 Å². The largest absolute Gasteiger partial charge is 0.465 e. The Morgan fingerprint density at radius 1 is 1.53 bits per heavy atom. The van der Waals surface area contributed by atoms with Crippen LogP contribution in [0.15, 0.2) is 27.3 Å². The molecule has 0 saturated heterocycles. The first-order chi connectivity index (χ1) is 7.13. The highest BCUT2D eigenvalue weighted by atomic mass is 79.9. The van der Waals surface area contributed by atoms with Crippen LogP contribution >= 0.6 is 15.9 Å². The highest BCUT2D eigenvalue weighted by Gasteiger charge is 2.13. The zero-order valence-electron chi connectivity index (χ0n) is 7.91. The van der Waals surface area contributed by atoms with Crippen LogP contribution in [0.3, 0.4) is 0 Å². The van der Waals surface area contributed by atoms with Crippen LogP contribution in [0.25, 0.3) is 11.0 Å². The number of anilines is 1. The van der Waals surface area contributed by atoms with Gasteiger partial charge < -0.3 is 14.9 Å². The lowest BCUT2D eigenvalue weighted by molar-refractivity contribution is 0.0601. The van der Waals surface area contributed by atoms with Crippen molar-refractivity contribution in [2.45, 2.75) is 0 Å². The SMILES string of the molecule is COC(=O)c1cc(N)c2c(Br)coc2c1. The minimum absolute atomic E-state index is 0.379. The molecule has 1 heterocycles. The molecule has 1 aromatic heterocycles. The highest BCUT2D eigenvalue weighted by Crippen LogP contribution is 2.32. The van der Waals surface area contributed by atoms with Gasteiger partial charge in [-0.3, -0.25) is 0 Å². The molecule has 0 bridgehead atoms. The van der Waals surface area contributed by atoms with Gasteiger partial charge in [0, 0.05) is 5.69 Å². The van der Waals surface area contributed by atoms with Gasteiger partial charge in [-0.15, -0.1) is 0 Å². The summed E-state index contributed by atoms with van der Waals surface area (Å²) in [6.45, 7) is 0. The maximum atomic E-state index is 11.3. The van der Waals surface area contributed by atoms with Crippen molar-refractivity contribution in [1.82, 2.24) is 0 Å². The fourth-order valence-corrected chi connectivity index (χ4v) is 1.91. The molecule has 2 rings (SSSR count). The molecule has 0 saturated carbocycles. The van der Waals surface area contributed by atoms with Crippen LogP contribution in [0.5, 0.6) is 0 Å². The van der Waals surface area contributed by atoms with Gasteiger partial charge in [-0.05, 0) is 28.1 Å². The Kier molecular flexibility index (Phi) is 2.40. The smallest absolute Gasteiger partial charge is 0.338 e. The van der Waals surface area contributed by atoms with Gasteiger partial charge in [0.05, 0.1) is 22.5 Å². The normalized spacial score (nSPS) is 10.5. The average Bonchev–Trinajstić information content (AvgIpc) is 2.59. The Morgan fingerprint density at radius 2 is 2.27 bits per heavy atom. The number of benzene rings is 1. The number of carbonyl (C=O) groups is 1. The van der Waals surface area contributed by atoms with E-state index in [1.807, 2.05) is 0 Å². The number of esters is 1. The molecule has 1 aromatic carbocycles. The van der Waals surface area contributed by atoms with Crippen LogP contribution in [-0.2, 0) is 4.74 Å². The second kappa shape index (κ2) is 3.58. The lowest BCUT2D eigenvalue weighted by atomic mass is 10.1. The van der Waals surface area contributed by atoms with Gasteiger partial charge in [0.1, 0.15) is 11.8 Å². The highest BCUT2D eigenvalue weighted by molar-refractivity contribution is 9.10. The molecule has 2 aromatic rings. The first kappa shape index (κ1) is 10.0. The molecule has 0 atom stereocenters. The van der Waals surface area contributed by atoms with Crippen LogP contribution in [-0.4, -0.2) is 13.1 Å². The van der Waals surface area contributed by atoms with E-state index in [0.717, 1.165) is 9.86 Å². The van der Waals surface area contributed by atoms with Crippen molar-refractivity contribution in [3.63, 3.8) is 0 Å². The molecule has 0 spiro atoms. The van der Waals surface area contributed by atoms with E-state index in [1.165, 1.54) is 13.4 Å². The number of furan rings is 1. The van der Waals surface area contributed by atoms with Gasteiger partial charge in [0.15, 0.2) is 0 Å². The molecule has 2 N–H and O–H groups in total. The van der Waals surface area contributed by atoms with E-state index in [9.17, 15) is 4.79 Å². The number of nitrogens with two attached hydrogens (primary N) is 1. The van der Waals surface area contributed by atoms with E-state index in [4.69, 9.17) is 10.2 Å². The molecule has 0 aliphatic rings. The van der Waals surface area contributed by atoms with Crippen molar-refractivity contribution in [3.05, 3.63) is 28.4 Å². The van der Waals surface area contributed by atoms with Crippen LogP contribution in [0.4, 0.5) is 5.69 Å². The van der Waals surface area contributed by atoms with Gasteiger partial charge in [0.25, 0.3) is 0 Å². The standard InChI is InChI=1S/C10H8BrNO3/c1-14-10(13)5-2-7(12)9-6(11)4-15-8(9)3-5/h2-4H,12H2,1H3. The maximum Gasteiger partial charge on any atom is 0.338 e. The van der Waals surface area contributed by atoms with Crippen LogP contribution in [0.1, 0.15) is 10.4 Å². The lowest BCUT2D eigenvalue weighted by Gasteiger charge is -2.01. The summed E-state index contributed by atoms with van der Waals surface area (Å²) in [6, 6.07) is 3.16. The summed E-state index contributed by atoms with van der Waals surface area (Å²) in [5, 5.41) is 0.766. The number of halogens is 1. The van der Waals surface area contributed by atoms with Crippen molar-refractivity contribution in [2.75, 3.05) is 12.8 Å². The summed E-state index contributed by atoms with van der Waals surface area (Å²) in [7, 11) is 1.32. The van der Waals surface area contributed by atoms with Crippen molar-refractivity contribution in [3.8, 4) is 0 Å².